The van der Waals surface area contributed by atoms with Crippen molar-refractivity contribution in [2.75, 3.05) is 5.32 Å². The van der Waals surface area contributed by atoms with Crippen molar-refractivity contribution in [3.8, 4) is 0 Å². The molecule has 3 rings (SSSR count). The third-order valence-electron chi connectivity index (χ3n) is 4.05. The van der Waals surface area contributed by atoms with Gasteiger partial charge in [-0.25, -0.2) is 9.48 Å². The second-order valence-corrected chi connectivity index (χ2v) is 7.03. The van der Waals surface area contributed by atoms with E-state index >= 15 is 0 Å². The fourth-order valence-corrected chi connectivity index (χ4v) is 2.78. The Hall–Kier alpha value is -2.89. The van der Waals surface area contributed by atoms with Gasteiger partial charge in [-0.05, 0) is 29.2 Å². The highest BCUT2D eigenvalue weighted by Gasteiger charge is 2.18. The summed E-state index contributed by atoms with van der Waals surface area (Å²) in [7, 11) is 0. The molecule has 130 valence electrons. The number of carbonyl (C=O) groups is 1. The van der Waals surface area contributed by atoms with Crippen LogP contribution in [0.25, 0.3) is 5.65 Å². The third kappa shape index (κ3) is 3.63. The quantitative estimate of drug-likeness (QED) is 0.795. The first-order chi connectivity index (χ1) is 11.9. The zero-order chi connectivity index (χ0) is 18.0. The number of rotatable bonds is 4. The molecular formula is C19H22N4O2. The van der Waals surface area contributed by atoms with E-state index in [9.17, 15) is 9.59 Å². The average molecular weight is 338 g/mol. The van der Waals surface area contributed by atoms with Crippen LogP contribution in [0.1, 0.15) is 32.8 Å². The van der Waals surface area contributed by atoms with Crippen LogP contribution in [-0.2, 0) is 16.8 Å². The van der Waals surface area contributed by atoms with E-state index in [1.54, 1.807) is 18.3 Å². The van der Waals surface area contributed by atoms with Gasteiger partial charge in [0.2, 0.25) is 5.91 Å². The zero-order valence-electron chi connectivity index (χ0n) is 14.7. The maximum atomic E-state index is 12.3. The molecule has 1 N–H and O–H groups in total. The number of para-hydroxylation sites is 1. The van der Waals surface area contributed by atoms with E-state index < -0.39 is 0 Å². The van der Waals surface area contributed by atoms with E-state index in [2.05, 4.69) is 31.2 Å². The molecule has 0 aliphatic rings. The molecule has 25 heavy (non-hydrogen) atoms. The Morgan fingerprint density at radius 2 is 1.84 bits per heavy atom. The number of hydrogen-bond acceptors (Lipinski definition) is 3. The van der Waals surface area contributed by atoms with Gasteiger partial charge in [0.1, 0.15) is 0 Å². The van der Waals surface area contributed by atoms with Gasteiger partial charge in [0.25, 0.3) is 0 Å². The second-order valence-electron chi connectivity index (χ2n) is 7.03. The molecule has 0 unspecified atom stereocenters. The lowest BCUT2D eigenvalue weighted by Crippen LogP contribution is -2.24. The number of amides is 1. The molecule has 0 saturated carbocycles. The van der Waals surface area contributed by atoms with Crippen molar-refractivity contribution in [1.82, 2.24) is 14.2 Å². The van der Waals surface area contributed by atoms with Crippen LogP contribution in [0.5, 0.6) is 0 Å². The molecule has 0 fully saturated rings. The molecule has 2 heterocycles. The van der Waals surface area contributed by atoms with Crippen LogP contribution in [0.3, 0.4) is 0 Å². The summed E-state index contributed by atoms with van der Waals surface area (Å²) >= 11 is 0. The van der Waals surface area contributed by atoms with Crippen molar-refractivity contribution in [2.45, 2.75) is 39.2 Å². The van der Waals surface area contributed by atoms with Crippen LogP contribution in [0.2, 0.25) is 0 Å². The molecule has 6 nitrogen and oxygen atoms in total. The summed E-state index contributed by atoms with van der Waals surface area (Å²) in [6.07, 6.45) is 1.85. The van der Waals surface area contributed by atoms with E-state index in [0.717, 1.165) is 11.3 Å². The Labute approximate surface area is 146 Å². The van der Waals surface area contributed by atoms with E-state index in [1.807, 2.05) is 30.3 Å². The van der Waals surface area contributed by atoms with Crippen molar-refractivity contribution in [3.05, 3.63) is 64.7 Å². The summed E-state index contributed by atoms with van der Waals surface area (Å²) in [4.78, 5) is 24.5. The summed E-state index contributed by atoms with van der Waals surface area (Å²) in [6, 6.07) is 13.1. The van der Waals surface area contributed by atoms with Crippen LogP contribution in [0.15, 0.2) is 53.5 Å². The Kier molecular flexibility index (Phi) is 4.44. The summed E-state index contributed by atoms with van der Waals surface area (Å²) in [6.45, 7) is 6.56. The van der Waals surface area contributed by atoms with Crippen molar-refractivity contribution in [1.29, 1.82) is 0 Å². The Balaban J connectivity index is 1.71. The van der Waals surface area contributed by atoms with Gasteiger partial charge in [-0.1, -0.05) is 45.0 Å². The van der Waals surface area contributed by atoms with Crippen molar-refractivity contribution < 1.29 is 4.79 Å². The molecular weight excluding hydrogens is 316 g/mol. The standard InChI is InChI=1S/C19H22N4O2/c1-19(2,3)14-8-4-5-9-15(14)20-17(24)11-13-23-18(25)22-12-7-6-10-16(22)21-23/h4-10,12H,11,13H2,1-3H3,(H,20,24). The van der Waals surface area contributed by atoms with Gasteiger partial charge < -0.3 is 5.32 Å². The van der Waals surface area contributed by atoms with Gasteiger partial charge in [0.15, 0.2) is 5.65 Å². The minimum absolute atomic E-state index is 0.0671. The number of benzene rings is 1. The molecule has 6 heteroatoms. The largest absolute Gasteiger partial charge is 0.350 e. The van der Waals surface area contributed by atoms with Gasteiger partial charge in [-0.3, -0.25) is 9.20 Å². The summed E-state index contributed by atoms with van der Waals surface area (Å²) in [5.41, 5.74) is 2.16. The third-order valence-corrected chi connectivity index (χ3v) is 4.05. The summed E-state index contributed by atoms with van der Waals surface area (Å²) in [5, 5.41) is 7.19. The maximum Gasteiger partial charge on any atom is 0.350 e. The molecule has 0 radical (unpaired) electrons. The fraction of sp³-hybridized carbons (Fsp3) is 0.316. The minimum atomic E-state index is -0.238. The number of anilines is 1. The number of nitrogens with one attached hydrogen (secondary N) is 1. The number of aromatic nitrogens is 3. The lowest BCUT2D eigenvalue weighted by atomic mass is 9.86. The Morgan fingerprint density at radius 1 is 1.12 bits per heavy atom. The molecule has 1 aromatic carbocycles. The Bertz CT molecular complexity index is 963. The van der Waals surface area contributed by atoms with Crippen LogP contribution < -0.4 is 11.0 Å². The molecule has 2 aromatic heterocycles. The number of nitrogens with zero attached hydrogens (tertiary/aromatic N) is 3. The molecule has 0 atom stereocenters. The topological polar surface area (TPSA) is 68.4 Å². The van der Waals surface area contributed by atoms with Gasteiger partial charge in [0.05, 0.1) is 6.54 Å². The SMILES string of the molecule is CC(C)(C)c1ccccc1NC(=O)CCn1nc2ccccn2c1=O. The van der Waals surface area contributed by atoms with Gasteiger partial charge in [-0.15, -0.1) is 5.10 Å². The number of hydrogen-bond donors (Lipinski definition) is 1. The first-order valence-electron chi connectivity index (χ1n) is 8.30. The van der Waals surface area contributed by atoms with Gasteiger partial charge in [0, 0.05) is 18.3 Å². The predicted octanol–water partition coefficient (Wildman–Crippen LogP) is 2.82. The minimum Gasteiger partial charge on any atom is -0.326 e. The highest BCUT2D eigenvalue weighted by atomic mass is 16.2. The van der Waals surface area contributed by atoms with E-state index in [-0.39, 0.29) is 30.0 Å². The maximum absolute atomic E-state index is 12.3. The van der Waals surface area contributed by atoms with Crippen molar-refractivity contribution >= 4 is 17.2 Å². The van der Waals surface area contributed by atoms with Crippen LogP contribution >= 0.6 is 0 Å². The first kappa shape index (κ1) is 17.0. The number of aryl methyl sites for hydroxylation is 1. The molecule has 0 aliphatic heterocycles. The fourth-order valence-electron chi connectivity index (χ4n) is 2.78. The number of fused-ring (bicyclic) bond motifs is 1. The zero-order valence-corrected chi connectivity index (χ0v) is 14.7. The average Bonchev–Trinajstić information content (AvgIpc) is 2.89. The number of carbonyl (C=O) groups excluding carboxylic acids is 1. The highest BCUT2D eigenvalue weighted by Crippen LogP contribution is 2.29. The first-order valence-corrected chi connectivity index (χ1v) is 8.30. The highest BCUT2D eigenvalue weighted by molar-refractivity contribution is 5.91. The summed E-state index contributed by atoms with van der Waals surface area (Å²) in [5.74, 6) is -0.138. The number of pyridine rings is 1. The predicted molar refractivity (Wildman–Crippen MR) is 97.8 cm³/mol. The molecule has 0 bridgehead atoms. The van der Waals surface area contributed by atoms with Crippen molar-refractivity contribution in [3.63, 3.8) is 0 Å². The molecule has 3 aromatic rings. The van der Waals surface area contributed by atoms with Crippen LogP contribution in [0, 0.1) is 0 Å². The van der Waals surface area contributed by atoms with E-state index in [4.69, 9.17) is 0 Å². The summed E-state index contributed by atoms with van der Waals surface area (Å²) < 4.78 is 2.79. The van der Waals surface area contributed by atoms with Crippen molar-refractivity contribution in [2.24, 2.45) is 0 Å². The lowest BCUT2D eigenvalue weighted by Gasteiger charge is -2.23. The lowest BCUT2D eigenvalue weighted by molar-refractivity contribution is -0.116. The molecule has 0 aliphatic carbocycles. The van der Waals surface area contributed by atoms with E-state index in [1.165, 1.54) is 9.08 Å². The van der Waals surface area contributed by atoms with Gasteiger partial charge in [-0.2, -0.15) is 0 Å². The van der Waals surface area contributed by atoms with Crippen LogP contribution in [-0.4, -0.2) is 20.1 Å². The van der Waals surface area contributed by atoms with Gasteiger partial charge >= 0.3 is 5.69 Å². The molecule has 0 spiro atoms. The molecule has 0 saturated heterocycles. The second kappa shape index (κ2) is 6.55. The monoisotopic (exact) mass is 338 g/mol. The normalized spacial score (nSPS) is 11.6. The van der Waals surface area contributed by atoms with E-state index in [0.29, 0.717) is 5.65 Å². The smallest absolute Gasteiger partial charge is 0.326 e. The molecule has 1 amide bonds. The van der Waals surface area contributed by atoms with Crippen LogP contribution in [0.4, 0.5) is 5.69 Å². The Morgan fingerprint density at radius 3 is 2.56 bits per heavy atom.